The lowest BCUT2D eigenvalue weighted by atomic mass is 10.0. The Labute approximate surface area is 180 Å². The van der Waals surface area contributed by atoms with Gasteiger partial charge in [0.2, 0.25) is 0 Å². The van der Waals surface area contributed by atoms with E-state index in [0.29, 0.717) is 12.1 Å². The summed E-state index contributed by atoms with van der Waals surface area (Å²) >= 11 is 0. The summed E-state index contributed by atoms with van der Waals surface area (Å²) in [6, 6.07) is 5.06. The third-order valence-corrected chi connectivity index (χ3v) is 7.03. The average molecular weight is 407 g/mol. The minimum absolute atomic E-state index is 0.305. The number of allylic oxidation sites excluding steroid dienone is 2. The quantitative estimate of drug-likeness (QED) is 0.719. The maximum atomic E-state index is 5.10. The third-order valence-electron chi connectivity index (χ3n) is 7.03. The van der Waals surface area contributed by atoms with Crippen LogP contribution in [-0.2, 0) is 6.42 Å². The lowest BCUT2D eigenvalue weighted by Crippen LogP contribution is -2.48. The van der Waals surface area contributed by atoms with Gasteiger partial charge in [-0.1, -0.05) is 18.6 Å². The summed E-state index contributed by atoms with van der Waals surface area (Å²) in [5.74, 6) is 2.46. The van der Waals surface area contributed by atoms with Crippen LogP contribution in [0.5, 0.6) is 0 Å². The van der Waals surface area contributed by atoms with E-state index >= 15 is 0 Å². The SMILES string of the molecule is CN1CCN(C2=CC=CC3=NC(CN(C)C4CCCCc5cccnc54)CN23)CC1. The zero-order valence-corrected chi connectivity index (χ0v) is 18.4. The molecule has 4 heterocycles. The molecule has 0 saturated carbocycles. The van der Waals surface area contributed by atoms with Crippen molar-refractivity contribution in [2.24, 2.45) is 4.99 Å². The number of aliphatic imine (C=N–C) groups is 1. The maximum Gasteiger partial charge on any atom is 0.129 e. The van der Waals surface area contributed by atoms with Gasteiger partial charge >= 0.3 is 0 Å². The van der Waals surface area contributed by atoms with Gasteiger partial charge in [-0.05, 0) is 57.1 Å². The van der Waals surface area contributed by atoms with E-state index in [4.69, 9.17) is 9.98 Å². The number of aryl methyl sites for hydroxylation is 1. The van der Waals surface area contributed by atoms with E-state index in [9.17, 15) is 0 Å². The summed E-state index contributed by atoms with van der Waals surface area (Å²) in [5.41, 5.74) is 2.73. The molecular weight excluding hydrogens is 372 g/mol. The van der Waals surface area contributed by atoms with Gasteiger partial charge in [-0.15, -0.1) is 0 Å². The van der Waals surface area contributed by atoms with Gasteiger partial charge < -0.3 is 14.7 Å². The molecule has 0 bridgehead atoms. The Hall–Kier alpha value is -2.18. The molecule has 1 aliphatic carbocycles. The molecule has 3 aliphatic heterocycles. The highest BCUT2D eigenvalue weighted by atomic mass is 15.4. The molecule has 30 heavy (non-hydrogen) atoms. The predicted octanol–water partition coefficient (Wildman–Crippen LogP) is 2.52. The molecular formula is C24H34N6. The molecule has 6 nitrogen and oxygen atoms in total. The number of nitrogens with zero attached hydrogens (tertiary/aromatic N) is 6. The van der Waals surface area contributed by atoms with Crippen molar-refractivity contribution in [3.8, 4) is 0 Å². The molecule has 0 radical (unpaired) electrons. The highest BCUT2D eigenvalue weighted by Crippen LogP contribution is 2.32. The number of aromatic nitrogens is 1. The van der Waals surface area contributed by atoms with Crippen LogP contribution in [-0.4, -0.2) is 89.8 Å². The standard InChI is InChI=1S/C24H34N6/c1-27-13-15-29(16-14-27)23-11-5-10-22-26-20(18-30(22)23)17-28(2)21-9-4-3-7-19-8-6-12-25-24(19)21/h5-6,8,10-12,20-21H,3-4,7,9,13-18H2,1-2H3. The molecule has 1 aromatic heterocycles. The zero-order chi connectivity index (χ0) is 20.5. The van der Waals surface area contributed by atoms with Crippen LogP contribution in [0.25, 0.3) is 0 Å². The van der Waals surface area contributed by atoms with E-state index in [-0.39, 0.29) is 0 Å². The first-order valence-corrected chi connectivity index (χ1v) is 11.5. The van der Waals surface area contributed by atoms with Crippen molar-refractivity contribution < 1.29 is 0 Å². The van der Waals surface area contributed by atoms with Crippen LogP contribution in [0.4, 0.5) is 0 Å². The molecule has 0 spiro atoms. The molecule has 2 atom stereocenters. The number of likely N-dealkylation sites (N-methyl/N-ethyl adjacent to an activating group) is 2. The zero-order valence-electron chi connectivity index (χ0n) is 18.4. The van der Waals surface area contributed by atoms with Gasteiger partial charge in [-0.25, -0.2) is 0 Å². The number of amidine groups is 1. The highest BCUT2D eigenvalue weighted by molar-refractivity contribution is 5.96. The van der Waals surface area contributed by atoms with E-state index < -0.39 is 0 Å². The number of fused-ring (bicyclic) bond motifs is 2. The lowest BCUT2D eigenvalue weighted by Gasteiger charge is -2.40. The Morgan fingerprint density at radius 3 is 2.90 bits per heavy atom. The van der Waals surface area contributed by atoms with E-state index in [1.807, 2.05) is 6.20 Å². The Morgan fingerprint density at radius 2 is 2.03 bits per heavy atom. The molecule has 4 aliphatic rings. The summed E-state index contributed by atoms with van der Waals surface area (Å²) in [7, 11) is 4.47. The topological polar surface area (TPSA) is 38.2 Å². The van der Waals surface area contributed by atoms with Crippen molar-refractivity contribution in [2.75, 3.05) is 53.4 Å². The Bertz CT molecular complexity index is 851. The van der Waals surface area contributed by atoms with Crippen molar-refractivity contribution in [3.05, 3.63) is 53.6 Å². The fraction of sp³-hybridized carbons (Fsp3) is 0.583. The van der Waals surface area contributed by atoms with Crippen LogP contribution >= 0.6 is 0 Å². The smallest absolute Gasteiger partial charge is 0.129 e. The van der Waals surface area contributed by atoms with Gasteiger partial charge in [0.25, 0.3) is 0 Å². The minimum atomic E-state index is 0.305. The van der Waals surface area contributed by atoms with Crippen molar-refractivity contribution in [1.82, 2.24) is 24.6 Å². The minimum Gasteiger partial charge on any atom is -0.355 e. The van der Waals surface area contributed by atoms with Gasteiger partial charge in [0, 0.05) is 45.5 Å². The van der Waals surface area contributed by atoms with Gasteiger partial charge in [0.1, 0.15) is 11.7 Å². The molecule has 1 saturated heterocycles. The number of piperazine rings is 1. The first-order valence-electron chi connectivity index (χ1n) is 11.5. The Morgan fingerprint density at radius 1 is 1.17 bits per heavy atom. The number of rotatable bonds is 4. The van der Waals surface area contributed by atoms with Crippen molar-refractivity contribution in [3.63, 3.8) is 0 Å². The number of hydrogen-bond acceptors (Lipinski definition) is 6. The van der Waals surface area contributed by atoms with Gasteiger partial charge in [-0.2, -0.15) is 0 Å². The highest BCUT2D eigenvalue weighted by Gasteiger charge is 2.33. The Kier molecular flexibility index (Phi) is 5.61. The van der Waals surface area contributed by atoms with Crippen molar-refractivity contribution >= 4 is 5.84 Å². The molecule has 0 aromatic carbocycles. The molecule has 1 fully saturated rings. The lowest BCUT2D eigenvalue weighted by molar-refractivity contribution is 0.157. The van der Waals surface area contributed by atoms with Crippen LogP contribution < -0.4 is 0 Å². The Balaban J connectivity index is 1.27. The summed E-state index contributed by atoms with van der Waals surface area (Å²) in [4.78, 5) is 19.8. The van der Waals surface area contributed by atoms with Gasteiger partial charge in [0.15, 0.2) is 0 Å². The number of pyridine rings is 1. The van der Waals surface area contributed by atoms with Crippen LogP contribution in [0, 0.1) is 0 Å². The molecule has 6 heteroatoms. The van der Waals surface area contributed by atoms with Crippen LogP contribution in [0.1, 0.15) is 36.6 Å². The predicted molar refractivity (Wildman–Crippen MR) is 121 cm³/mol. The largest absolute Gasteiger partial charge is 0.355 e. The normalized spacial score (nSPS) is 26.9. The molecule has 0 amide bonds. The fourth-order valence-corrected chi connectivity index (χ4v) is 5.31. The second-order valence-electron chi connectivity index (χ2n) is 9.17. The van der Waals surface area contributed by atoms with Gasteiger partial charge in [-0.3, -0.25) is 14.9 Å². The first kappa shape index (κ1) is 19.8. The fourth-order valence-electron chi connectivity index (χ4n) is 5.31. The monoisotopic (exact) mass is 406 g/mol. The maximum absolute atomic E-state index is 5.10. The molecule has 1 aromatic rings. The molecule has 5 rings (SSSR count). The van der Waals surface area contributed by atoms with Crippen molar-refractivity contribution in [2.45, 2.75) is 37.8 Å². The van der Waals surface area contributed by atoms with Crippen LogP contribution in [0.3, 0.4) is 0 Å². The van der Waals surface area contributed by atoms with Gasteiger partial charge in [0.05, 0.1) is 17.8 Å². The van der Waals surface area contributed by atoms with E-state index in [2.05, 4.69) is 64.1 Å². The summed E-state index contributed by atoms with van der Waals surface area (Å²) in [6.07, 6.45) is 13.5. The second-order valence-corrected chi connectivity index (χ2v) is 9.17. The summed E-state index contributed by atoms with van der Waals surface area (Å²) in [5, 5.41) is 0. The summed E-state index contributed by atoms with van der Waals surface area (Å²) < 4.78 is 0. The van der Waals surface area contributed by atoms with Crippen LogP contribution in [0.2, 0.25) is 0 Å². The first-order chi connectivity index (χ1) is 14.7. The van der Waals surface area contributed by atoms with E-state index in [1.54, 1.807) is 0 Å². The molecule has 2 unspecified atom stereocenters. The van der Waals surface area contributed by atoms with Crippen LogP contribution in [0.15, 0.2) is 47.4 Å². The second kappa shape index (κ2) is 8.52. The third kappa shape index (κ3) is 3.91. The number of hydrogen-bond donors (Lipinski definition) is 0. The summed E-state index contributed by atoms with van der Waals surface area (Å²) in [6.45, 7) is 6.39. The molecule has 0 N–H and O–H groups in total. The van der Waals surface area contributed by atoms with Crippen molar-refractivity contribution in [1.29, 1.82) is 0 Å². The molecule has 160 valence electrons. The van der Waals surface area contributed by atoms with E-state index in [0.717, 1.165) is 51.5 Å². The average Bonchev–Trinajstić information content (AvgIpc) is 3.04. The van der Waals surface area contributed by atoms with E-state index in [1.165, 1.54) is 36.3 Å².